The molecule has 0 spiro atoms. The molecule has 2 rings (SSSR count). The number of amides is 1. The lowest BCUT2D eigenvalue weighted by Crippen LogP contribution is -2.40. The molecule has 0 N–H and O–H groups in total. The molecule has 1 amide bonds. The number of hydrogen-bond donors (Lipinski definition) is 0. The van der Waals surface area contributed by atoms with Crippen LogP contribution in [0.4, 0.5) is 10.6 Å². The number of ether oxygens (including phenoxy) is 2. The first-order chi connectivity index (χ1) is 15.9. The third-order valence-corrected chi connectivity index (χ3v) is 7.56. The van der Waals surface area contributed by atoms with Crippen LogP contribution >= 0.6 is 0 Å². The van der Waals surface area contributed by atoms with E-state index in [2.05, 4.69) is 12.1 Å². The van der Waals surface area contributed by atoms with E-state index in [0.717, 1.165) is 43.4 Å². The minimum atomic E-state index is -1.01. The predicted octanol–water partition coefficient (Wildman–Crippen LogP) is 5.19. The molecule has 0 saturated heterocycles. The third kappa shape index (κ3) is 9.34. The smallest absolute Gasteiger partial charge is 0.416 e. The first-order valence-corrected chi connectivity index (χ1v) is 13.6. The topological polar surface area (TPSA) is 92.5 Å². The molecule has 190 valence electrons. The van der Waals surface area contributed by atoms with Crippen molar-refractivity contribution in [1.29, 1.82) is 5.26 Å². The van der Waals surface area contributed by atoms with E-state index in [1.807, 2.05) is 47.6 Å². The van der Waals surface area contributed by atoms with Gasteiger partial charge in [0.1, 0.15) is 11.4 Å². The Morgan fingerprint density at radius 3 is 2.56 bits per heavy atom. The molecule has 1 aromatic rings. The quantitative estimate of drug-likeness (QED) is 0.418. The van der Waals surface area contributed by atoms with Crippen LogP contribution in [0.5, 0.6) is 0 Å². The van der Waals surface area contributed by atoms with E-state index < -0.39 is 16.4 Å². The number of pyridine rings is 1. The van der Waals surface area contributed by atoms with Crippen molar-refractivity contribution in [2.45, 2.75) is 90.4 Å². The molecule has 1 aliphatic rings. The summed E-state index contributed by atoms with van der Waals surface area (Å²) in [5.41, 5.74) is 1.48. The Labute approximate surface area is 207 Å². The fourth-order valence-electron chi connectivity index (χ4n) is 3.62. The molecule has 0 saturated carbocycles. The molecule has 1 aromatic heterocycles. The zero-order valence-corrected chi connectivity index (χ0v) is 22.5. The number of carbonyl (C=O) groups excluding carboxylic acids is 1. The van der Waals surface area contributed by atoms with E-state index >= 15 is 0 Å². The molecule has 0 aromatic carbocycles. The van der Waals surface area contributed by atoms with E-state index in [1.54, 1.807) is 4.90 Å². The van der Waals surface area contributed by atoms with Crippen LogP contribution < -0.4 is 4.90 Å². The van der Waals surface area contributed by atoms with Gasteiger partial charge in [0.25, 0.3) is 0 Å². The molecule has 1 aliphatic heterocycles. The Bertz CT molecular complexity index is 884. The first kappa shape index (κ1) is 28.3. The highest BCUT2D eigenvalue weighted by molar-refractivity contribution is 7.86. The van der Waals surface area contributed by atoms with Gasteiger partial charge in [-0.1, -0.05) is 6.07 Å². The van der Waals surface area contributed by atoms with Crippen LogP contribution in [0, 0.1) is 17.2 Å². The summed E-state index contributed by atoms with van der Waals surface area (Å²) in [7, 11) is -1.01. The molecule has 1 unspecified atom stereocenters. The number of carbonyl (C=O) groups is 1. The molecular weight excluding hydrogens is 450 g/mol. The summed E-state index contributed by atoms with van der Waals surface area (Å²) in [6.45, 7) is 13.2. The number of nitrogens with zero attached hydrogens (tertiary/aromatic N) is 3. The number of aromatic nitrogens is 1. The maximum absolute atomic E-state index is 12.6. The van der Waals surface area contributed by atoms with Crippen LogP contribution in [0.3, 0.4) is 0 Å². The van der Waals surface area contributed by atoms with Crippen molar-refractivity contribution in [3.05, 3.63) is 23.4 Å². The second-order valence-electron chi connectivity index (χ2n) is 10.8. The van der Waals surface area contributed by atoms with E-state index in [0.29, 0.717) is 37.8 Å². The second-order valence-corrected chi connectivity index (χ2v) is 13.1. The first-order valence-electron chi connectivity index (χ1n) is 12.3. The number of hydrogen-bond acceptors (Lipinski definition) is 6. The van der Waals surface area contributed by atoms with Crippen molar-refractivity contribution in [3.8, 4) is 6.07 Å². The molecule has 0 radical (unpaired) electrons. The van der Waals surface area contributed by atoms with Crippen LogP contribution in [0.2, 0.25) is 0 Å². The highest BCUT2D eigenvalue weighted by Crippen LogP contribution is 2.27. The Morgan fingerprint density at radius 2 is 1.91 bits per heavy atom. The summed E-state index contributed by atoms with van der Waals surface area (Å²) in [6, 6.07) is 6.38. The van der Waals surface area contributed by atoms with Crippen molar-refractivity contribution in [1.82, 2.24) is 4.98 Å². The average Bonchev–Trinajstić information content (AvgIpc) is 2.75. The Morgan fingerprint density at radius 1 is 1.21 bits per heavy atom. The number of aryl methyl sites for hydroxylation is 2. The average molecular weight is 492 g/mol. The Kier molecular flexibility index (Phi) is 10.5. The maximum atomic E-state index is 12.6. The van der Waals surface area contributed by atoms with Gasteiger partial charge < -0.3 is 9.47 Å². The fraction of sp³-hybridized carbons (Fsp3) is 0.731. The molecule has 8 heteroatoms. The SMILES string of the molecule is CC(C)(C)OC(=O)N1CCCc2ccc(CCCOCCCC(C#N)C[S@](=O)C(C)(C)C)nc21. The van der Waals surface area contributed by atoms with Crippen molar-refractivity contribution >= 4 is 22.7 Å². The van der Waals surface area contributed by atoms with E-state index in [1.165, 1.54) is 0 Å². The molecule has 7 nitrogen and oxygen atoms in total. The number of nitriles is 1. The monoisotopic (exact) mass is 491 g/mol. The zero-order chi connectivity index (χ0) is 25.4. The fourth-order valence-corrected chi connectivity index (χ4v) is 4.73. The summed E-state index contributed by atoms with van der Waals surface area (Å²) in [5, 5.41) is 9.34. The van der Waals surface area contributed by atoms with Gasteiger partial charge in [0, 0.05) is 46.8 Å². The molecule has 2 heterocycles. The van der Waals surface area contributed by atoms with E-state index in [-0.39, 0.29) is 16.8 Å². The lowest BCUT2D eigenvalue weighted by atomic mass is 10.0. The molecule has 0 bridgehead atoms. The van der Waals surface area contributed by atoms with Gasteiger partial charge in [0.2, 0.25) is 0 Å². The van der Waals surface area contributed by atoms with Crippen LogP contribution in [0.15, 0.2) is 12.1 Å². The minimum absolute atomic E-state index is 0.198. The van der Waals surface area contributed by atoms with Crippen LogP contribution in [0.25, 0.3) is 0 Å². The molecule has 2 atom stereocenters. The van der Waals surface area contributed by atoms with Gasteiger partial charge in [-0.05, 0) is 91.7 Å². The second kappa shape index (κ2) is 12.6. The number of fused-ring (bicyclic) bond motifs is 1. The third-order valence-electron chi connectivity index (χ3n) is 5.49. The lowest BCUT2D eigenvalue weighted by molar-refractivity contribution is 0.0576. The number of anilines is 1. The van der Waals surface area contributed by atoms with Gasteiger partial charge in [-0.3, -0.25) is 9.11 Å². The van der Waals surface area contributed by atoms with Crippen molar-refractivity contribution < 1.29 is 18.5 Å². The van der Waals surface area contributed by atoms with Crippen LogP contribution in [-0.2, 0) is 33.1 Å². The largest absolute Gasteiger partial charge is 0.443 e. The van der Waals surface area contributed by atoms with E-state index in [4.69, 9.17) is 14.5 Å². The highest BCUT2D eigenvalue weighted by atomic mass is 32.2. The Hall–Kier alpha value is -1.98. The summed E-state index contributed by atoms with van der Waals surface area (Å²) in [6.07, 6.45) is 4.54. The van der Waals surface area contributed by atoms with Crippen LogP contribution in [0.1, 0.15) is 78.5 Å². The highest BCUT2D eigenvalue weighted by Gasteiger charge is 2.28. The summed E-state index contributed by atoms with van der Waals surface area (Å²) < 4.78 is 23.3. The molecule has 34 heavy (non-hydrogen) atoms. The molecule has 0 aliphatic carbocycles. The standard InChI is InChI=1S/C26H41N3O4S/c1-25(2,3)33-24(30)29-15-7-11-21-13-14-22(28-23(21)29)12-9-17-32-16-8-10-20(18-27)19-34(31)26(4,5)6/h13-14,20H,7-12,15-17,19H2,1-6H3/t20?,34-/m0/s1. The Balaban J connectivity index is 1.76. The molecule has 0 fully saturated rings. The van der Waals surface area contributed by atoms with Gasteiger partial charge in [-0.2, -0.15) is 5.26 Å². The zero-order valence-electron chi connectivity index (χ0n) is 21.7. The van der Waals surface area contributed by atoms with Crippen molar-refractivity contribution in [2.24, 2.45) is 5.92 Å². The van der Waals surface area contributed by atoms with Gasteiger partial charge in [-0.25, -0.2) is 9.78 Å². The van der Waals surface area contributed by atoms with Gasteiger partial charge in [0.05, 0.1) is 12.0 Å². The summed E-state index contributed by atoms with van der Waals surface area (Å²) in [5.74, 6) is 0.940. The van der Waals surface area contributed by atoms with E-state index in [9.17, 15) is 14.3 Å². The van der Waals surface area contributed by atoms with Gasteiger partial charge >= 0.3 is 6.09 Å². The summed E-state index contributed by atoms with van der Waals surface area (Å²) >= 11 is 0. The lowest BCUT2D eigenvalue weighted by Gasteiger charge is -2.31. The van der Waals surface area contributed by atoms with Crippen molar-refractivity contribution in [2.75, 3.05) is 30.4 Å². The van der Waals surface area contributed by atoms with Gasteiger partial charge in [0.15, 0.2) is 0 Å². The normalized spacial score (nSPS) is 15.9. The van der Waals surface area contributed by atoms with Gasteiger partial charge in [-0.15, -0.1) is 0 Å². The van der Waals surface area contributed by atoms with Crippen LogP contribution in [-0.4, -0.2) is 51.1 Å². The predicted molar refractivity (Wildman–Crippen MR) is 136 cm³/mol. The molecular formula is C26H41N3O4S. The summed E-state index contributed by atoms with van der Waals surface area (Å²) in [4.78, 5) is 19.1. The minimum Gasteiger partial charge on any atom is -0.443 e. The van der Waals surface area contributed by atoms with Crippen molar-refractivity contribution in [3.63, 3.8) is 0 Å². The number of rotatable bonds is 10. The maximum Gasteiger partial charge on any atom is 0.416 e.